The first-order valence-electron chi connectivity index (χ1n) is 6.01. The second kappa shape index (κ2) is 5.54. The van der Waals surface area contributed by atoms with Gasteiger partial charge in [-0.25, -0.2) is 0 Å². The lowest BCUT2D eigenvalue weighted by Crippen LogP contribution is -1.95. The number of benzene rings is 2. The molecule has 0 atom stereocenters. The third-order valence-corrected chi connectivity index (χ3v) is 3.60. The van der Waals surface area contributed by atoms with Crippen LogP contribution in [0.5, 0.6) is 0 Å². The zero-order valence-electron chi connectivity index (χ0n) is 10.3. The quantitative estimate of drug-likeness (QED) is 0.658. The number of hydrogen-bond donors (Lipinski definition) is 0. The largest absolute Gasteiger partial charge is 0.290 e. The topological polar surface area (TPSA) is 25.8 Å². The third kappa shape index (κ3) is 2.49. The molecule has 0 amide bonds. The Balaban J connectivity index is 2.21. The molecule has 0 unspecified atom stereocenters. The predicted octanol–water partition coefficient (Wildman–Crippen LogP) is 4.61. The van der Waals surface area contributed by atoms with Gasteiger partial charge in [0.05, 0.1) is 0 Å². The Morgan fingerprint density at radius 1 is 0.800 bits per heavy atom. The van der Waals surface area contributed by atoms with Crippen molar-refractivity contribution in [3.05, 3.63) is 54.6 Å². The molecule has 0 saturated carbocycles. The Bertz CT molecular complexity index is 732. The number of nitrogens with zero attached hydrogens (tertiary/aromatic N) is 2. The van der Waals surface area contributed by atoms with Crippen molar-refractivity contribution >= 4 is 22.5 Å². The van der Waals surface area contributed by atoms with E-state index in [1.807, 2.05) is 48.5 Å². The highest BCUT2D eigenvalue weighted by Crippen LogP contribution is 2.33. The van der Waals surface area contributed by atoms with Gasteiger partial charge in [0.25, 0.3) is 5.76 Å². The van der Waals surface area contributed by atoms with E-state index < -0.39 is 5.76 Å². The van der Waals surface area contributed by atoms with Crippen LogP contribution in [0, 0.1) is 0 Å². The molecule has 2 nitrogen and oxygen atoms in total. The van der Waals surface area contributed by atoms with Gasteiger partial charge in [-0.15, -0.1) is 10.2 Å². The molecule has 1 aromatic heterocycles. The van der Waals surface area contributed by atoms with E-state index in [1.165, 1.54) is 0 Å². The van der Waals surface area contributed by atoms with Crippen molar-refractivity contribution in [2.75, 3.05) is 0 Å². The molecule has 3 rings (SSSR count). The van der Waals surface area contributed by atoms with E-state index in [-0.39, 0.29) is 5.03 Å². The molecule has 0 saturated heterocycles. The summed E-state index contributed by atoms with van der Waals surface area (Å²) in [5.74, 6) is -2.50. The minimum absolute atomic E-state index is 0.260. The molecule has 2 aromatic carbocycles. The third-order valence-electron chi connectivity index (χ3n) is 2.90. The summed E-state index contributed by atoms with van der Waals surface area (Å²) in [6, 6.07) is 16.9. The predicted molar refractivity (Wildman–Crippen MR) is 76.8 cm³/mol. The summed E-state index contributed by atoms with van der Waals surface area (Å²) in [5, 5.41) is 9.87. The van der Waals surface area contributed by atoms with E-state index in [0.717, 1.165) is 10.9 Å². The fourth-order valence-electron chi connectivity index (χ4n) is 2.06. The lowest BCUT2D eigenvalue weighted by Gasteiger charge is -2.08. The summed E-state index contributed by atoms with van der Waals surface area (Å²) in [6.07, 6.45) is 0. The molecule has 3 aromatic rings. The summed E-state index contributed by atoms with van der Waals surface area (Å²) >= 11 is 0.425. The maximum atomic E-state index is 12.6. The van der Waals surface area contributed by atoms with Gasteiger partial charge in [-0.2, -0.15) is 8.78 Å². The Morgan fingerprint density at radius 2 is 1.45 bits per heavy atom. The summed E-state index contributed by atoms with van der Waals surface area (Å²) in [5.41, 5.74) is 1.63. The standard InChI is InChI=1S/C15H10F2N2S/c16-15(17)20-14-12-9-5-4-8-11(12)13(18-19-14)10-6-2-1-3-7-10/h1-9,15H. The highest BCUT2D eigenvalue weighted by atomic mass is 32.2. The van der Waals surface area contributed by atoms with E-state index >= 15 is 0 Å². The number of halogens is 2. The first-order valence-corrected chi connectivity index (χ1v) is 6.89. The second-order valence-electron chi connectivity index (χ2n) is 4.14. The molecule has 5 heteroatoms. The average Bonchev–Trinajstić information content (AvgIpc) is 2.48. The van der Waals surface area contributed by atoms with Crippen LogP contribution < -0.4 is 0 Å². The average molecular weight is 288 g/mol. The Hall–Kier alpha value is -2.01. The first kappa shape index (κ1) is 13.0. The van der Waals surface area contributed by atoms with E-state index in [9.17, 15) is 8.78 Å². The molecule has 0 aliphatic heterocycles. The van der Waals surface area contributed by atoms with Crippen LogP contribution in [0.3, 0.4) is 0 Å². The molecule has 1 heterocycles. The number of thioether (sulfide) groups is 1. The van der Waals surface area contributed by atoms with Gasteiger partial charge in [-0.3, -0.25) is 0 Å². The monoisotopic (exact) mass is 288 g/mol. The van der Waals surface area contributed by atoms with Crippen molar-refractivity contribution in [2.45, 2.75) is 10.8 Å². The van der Waals surface area contributed by atoms with Crippen molar-refractivity contribution in [3.63, 3.8) is 0 Å². The normalized spacial score (nSPS) is 11.2. The van der Waals surface area contributed by atoms with Gasteiger partial charge in [0.2, 0.25) is 0 Å². The number of alkyl halides is 2. The van der Waals surface area contributed by atoms with Crippen LogP contribution in [0.15, 0.2) is 59.6 Å². The number of fused-ring (bicyclic) bond motifs is 1. The highest BCUT2D eigenvalue weighted by molar-refractivity contribution is 7.99. The van der Waals surface area contributed by atoms with Gasteiger partial charge in [-0.05, 0) is 11.8 Å². The van der Waals surface area contributed by atoms with Crippen LogP contribution in [0.2, 0.25) is 0 Å². The Labute approximate surface area is 118 Å². The van der Waals surface area contributed by atoms with Crippen LogP contribution in [-0.4, -0.2) is 16.0 Å². The lowest BCUT2D eigenvalue weighted by atomic mass is 10.1. The van der Waals surface area contributed by atoms with Gasteiger partial charge < -0.3 is 0 Å². The van der Waals surface area contributed by atoms with Gasteiger partial charge in [0, 0.05) is 16.3 Å². The van der Waals surface area contributed by atoms with Crippen molar-refractivity contribution in [1.82, 2.24) is 10.2 Å². The summed E-state index contributed by atoms with van der Waals surface area (Å²) < 4.78 is 25.1. The molecule has 0 N–H and O–H groups in total. The molecule has 0 aliphatic rings. The van der Waals surface area contributed by atoms with Crippen LogP contribution >= 0.6 is 11.8 Å². The zero-order valence-corrected chi connectivity index (χ0v) is 11.1. The maximum absolute atomic E-state index is 12.6. The van der Waals surface area contributed by atoms with E-state index in [2.05, 4.69) is 10.2 Å². The molecule has 0 aliphatic carbocycles. The van der Waals surface area contributed by atoms with E-state index in [1.54, 1.807) is 6.07 Å². The number of rotatable bonds is 3. The van der Waals surface area contributed by atoms with Crippen molar-refractivity contribution in [2.24, 2.45) is 0 Å². The molecule has 0 spiro atoms. The number of aromatic nitrogens is 2. The van der Waals surface area contributed by atoms with Crippen molar-refractivity contribution in [1.29, 1.82) is 0 Å². The first-order chi connectivity index (χ1) is 9.75. The Morgan fingerprint density at radius 3 is 2.15 bits per heavy atom. The van der Waals surface area contributed by atoms with E-state index in [0.29, 0.717) is 22.8 Å². The highest BCUT2D eigenvalue weighted by Gasteiger charge is 2.14. The lowest BCUT2D eigenvalue weighted by molar-refractivity contribution is 0.252. The van der Waals surface area contributed by atoms with Gasteiger partial charge >= 0.3 is 0 Å². The van der Waals surface area contributed by atoms with Crippen LogP contribution in [0.4, 0.5) is 8.78 Å². The summed E-state index contributed by atoms with van der Waals surface area (Å²) in [7, 11) is 0. The minimum atomic E-state index is -2.50. The fraction of sp³-hybridized carbons (Fsp3) is 0.0667. The maximum Gasteiger partial charge on any atom is 0.290 e. The van der Waals surface area contributed by atoms with Crippen LogP contribution in [0.25, 0.3) is 22.0 Å². The molecular weight excluding hydrogens is 278 g/mol. The van der Waals surface area contributed by atoms with E-state index in [4.69, 9.17) is 0 Å². The molecule has 20 heavy (non-hydrogen) atoms. The Kier molecular flexibility index (Phi) is 3.60. The van der Waals surface area contributed by atoms with Crippen molar-refractivity contribution < 1.29 is 8.78 Å². The van der Waals surface area contributed by atoms with Gasteiger partial charge in [0.1, 0.15) is 10.7 Å². The molecule has 0 radical (unpaired) electrons. The molecule has 100 valence electrons. The second-order valence-corrected chi connectivity index (χ2v) is 5.12. The van der Waals surface area contributed by atoms with Gasteiger partial charge in [0.15, 0.2) is 0 Å². The smallest absolute Gasteiger partial charge is 0.198 e. The summed E-state index contributed by atoms with van der Waals surface area (Å²) in [6.45, 7) is 0. The van der Waals surface area contributed by atoms with Gasteiger partial charge in [-0.1, -0.05) is 54.6 Å². The zero-order chi connectivity index (χ0) is 13.9. The SMILES string of the molecule is FC(F)Sc1nnc(-c2ccccc2)c2ccccc12. The summed E-state index contributed by atoms with van der Waals surface area (Å²) in [4.78, 5) is 0. The molecular formula is C15H10F2N2S. The molecule has 0 fully saturated rings. The minimum Gasteiger partial charge on any atom is -0.198 e. The van der Waals surface area contributed by atoms with Crippen molar-refractivity contribution in [3.8, 4) is 11.3 Å². The fourth-order valence-corrected chi connectivity index (χ4v) is 2.62. The molecule has 0 bridgehead atoms. The number of hydrogen-bond acceptors (Lipinski definition) is 3. The van der Waals surface area contributed by atoms with Crippen LogP contribution in [0.1, 0.15) is 0 Å². The van der Waals surface area contributed by atoms with Crippen LogP contribution in [-0.2, 0) is 0 Å².